The van der Waals surface area contributed by atoms with Gasteiger partial charge in [-0.2, -0.15) is 0 Å². The number of aromatic nitrogens is 3. The average molecular weight is 367 g/mol. The number of thioether (sulfide) groups is 1. The highest BCUT2D eigenvalue weighted by Gasteiger charge is 2.10. The van der Waals surface area contributed by atoms with Crippen LogP contribution < -0.4 is 5.32 Å². The molecule has 0 aliphatic rings. The van der Waals surface area contributed by atoms with E-state index in [1.165, 1.54) is 19.3 Å². The molecule has 3 aromatic rings. The van der Waals surface area contributed by atoms with Crippen LogP contribution >= 0.6 is 11.8 Å². The standard InChI is InChI=1S/C21H26N4S/c1-3-5-12-23-20-18-10-9-16(17-8-7-11-22-15-17)14-19(18)24-21(25-20)26-13-6-4-2/h7-11,14-15H,3-6,12-13H2,1-2H3,(H,23,24,25). The van der Waals surface area contributed by atoms with Crippen LogP contribution in [0.5, 0.6) is 0 Å². The molecule has 0 unspecified atom stereocenters. The molecule has 0 saturated heterocycles. The fraction of sp³-hybridized carbons (Fsp3) is 0.381. The monoisotopic (exact) mass is 366 g/mol. The maximum atomic E-state index is 4.81. The molecule has 0 aliphatic heterocycles. The van der Waals surface area contributed by atoms with Crippen LogP contribution in [0.2, 0.25) is 0 Å². The van der Waals surface area contributed by atoms with E-state index >= 15 is 0 Å². The Morgan fingerprint density at radius 3 is 2.65 bits per heavy atom. The van der Waals surface area contributed by atoms with Crippen LogP contribution in [0.3, 0.4) is 0 Å². The zero-order chi connectivity index (χ0) is 18.2. The number of pyridine rings is 1. The molecule has 1 aromatic carbocycles. The number of nitrogens with one attached hydrogen (secondary N) is 1. The zero-order valence-corrected chi connectivity index (χ0v) is 16.4. The maximum Gasteiger partial charge on any atom is 0.190 e. The highest BCUT2D eigenvalue weighted by molar-refractivity contribution is 7.99. The second-order valence-corrected chi connectivity index (χ2v) is 7.37. The van der Waals surface area contributed by atoms with Crippen molar-refractivity contribution in [3.63, 3.8) is 0 Å². The fourth-order valence-electron chi connectivity index (χ4n) is 2.71. The number of rotatable bonds is 9. The lowest BCUT2D eigenvalue weighted by Gasteiger charge is -2.11. The molecule has 0 aliphatic carbocycles. The minimum atomic E-state index is 0.855. The summed E-state index contributed by atoms with van der Waals surface area (Å²) in [6.07, 6.45) is 8.36. The van der Waals surface area contributed by atoms with Crippen molar-refractivity contribution in [3.8, 4) is 11.1 Å². The third-order valence-electron chi connectivity index (χ3n) is 4.22. The first-order valence-electron chi connectivity index (χ1n) is 9.40. The maximum absolute atomic E-state index is 4.81. The molecule has 26 heavy (non-hydrogen) atoms. The first kappa shape index (κ1) is 18.6. The Kier molecular flexibility index (Phi) is 6.83. The second-order valence-electron chi connectivity index (χ2n) is 6.31. The largest absolute Gasteiger partial charge is 0.369 e. The lowest BCUT2D eigenvalue weighted by atomic mass is 10.1. The molecular formula is C21H26N4S. The molecule has 2 aromatic heterocycles. The molecule has 2 heterocycles. The van der Waals surface area contributed by atoms with Gasteiger partial charge in [0.25, 0.3) is 0 Å². The van der Waals surface area contributed by atoms with Gasteiger partial charge in [0, 0.05) is 35.6 Å². The van der Waals surface area contributed by atoms with Crippen LogP contribution in [0.25, 0.3) is 22.0 Å². The van der Waals surface area contributed by atoms with Crippen molar-refractivity contribution in [2.75, 3.05) is 17.6 Å². The van der Waals surface area contributed by atoms with Gasteiger partial charge >= 0.3 is 0 Å². The molecule has 0 atom stereocenters. The second kappa shape index (κ2) is 9.53. The summed E-state index contributed by atoms with van der Waals surface area (Å²) in [5, 5.41) is 5.43. The Hall–Kier alpha value is -2.14. The summed E-state index contributed by atoms with van der Waals surface area (Å²) in [6.45, 7) is 5.34. The van der Waals surface area contributed by atoms with E-state index in [-0.39, 0.29) is 0 Å². The molecular weight excluding hydrogens is 340 g/mol. The summed E-state index contributed by atoms with van der Waals surface area (Å²) in [4.78, 5) is 13.8. The van der Waals surface area contributed by atoms with Crippen LogP contribution in [0.4, 0.5) is 5.82 Å². The fourth-order valence-corrected chi connectivity index (χ4v) is 3.65. The Labute approximate surface area is 159 Å². The van der Waals surface area contributed by atoms with Gasteiger partial charge in [-0.15, -0.1) is 0 Å². The predicted molar refractivity (Wildman–Crippen MR) is 112 cm³/mol. The molecule has 0 bridgehead atoms. The van der Waals surface area contributed by atoms with Crippen LogP contribution in [-0.4, -0.2) is 27.2 Å². The van der Waals surface area contributed by atoms with E-state index in [9.17, 15) is 0 Å². The highest BCUT2D eigenvalue weighted by atomic mass is 32.2. The van der Waals surface area contributed by atoms with Gasteiger partial charge in [0.2, 0.25) is 0 Å². The SMILES string of the molecule is CCCCNc1nc(SCCCC)nc2cc(-c3cccnc3)ccc12. The van der Waals surface area contributed by atoms with Crippen molar-refractivity contribution in [3.05, 3.63) is 42.7 Å². The summed E-state index contributed by atoms with van der Waals surface area (Å²) < 4.78 is 0. The Bertz CT molecular complexity index is 836. The number of hydrogen-bond donors (Lipinski definition) is 1. The summed E-state index contributed by atoms with van der Waals surface area (Å²) in [7, 11) is 0. The Morgan fingerprint density at radius 2 is 1.88 bits per heavy atom. The minimum absolute atomic E-state index is 0.855. The van der Waals surface area contributed by atoms with Crippen LogP contribution in [0.15, 0.2) is 47.9 Å². The molecule has 136 valence electrons. The van der Waals surface area contributed by atoms with Crippen molar-refractivity contribution in [2.24, 2.45) is 0 Å². The van der Waals surface area contributed by atoms with Gasteiger partial charge < -0.3 is 5.32 Å². The summed E-state index contributed by atoms with van der Waals surface area (Å²) in [5.41, 5.74) is 3.22. The Balaban J connectivity index is 1.97. The van der Waals surface area contributed by atoms with E-state index in [2.05, 4.69) is 48.4 Å². The number of anilines is 1. The molecule has 0 fully saturated rings. The summed E-state index contributed by atoms with van der Waals surface area (Å²) in [6, 6.07) is 10.4. The summed E-state index contributed by atoms with van der Waals surface area (Å²) in [5.74, 6) is 2.00. The first-order chi connectivity index (χ1) is 12.8. The van der Waals surface area contributed by atoms with Crippen molar-refractivity contribution in [1.82, 2.24) is 15.0 Å². The molecule has 0 saturated carbocycles. The number of benzene rings is 1. The van der Waals surface area contributed by atoms with Gasteiger partial charge in [-0.1, -0.05) is 50.6 Å². The number of hydrogen-bond acceptors (Lipinski definition) is 5. The summed E-state index contributed by atoms with van der Waals surface area (Å²) >= 11 is 1.74. The van der Waals surface area contributed by atoms with E-state index in [1.807, 2.05) is 12.3 Å². The van der Waals surface area contributed by atoms with Crippen molar-refractivity contribution in [1.29, 1.82) is 0 Å². The van der Waals surface area contributed by atoms with E-state index in [0.717, 1.165) is 51.7 Å². The van der Waals surface area contributed by atoms with Crippen molar-refractivity contribution >= 4 is 28.5 Å². The molecule has 3 rings (SSSR count). The molecule has 5 heteroatoms. The van der Waals surface area contributed by atoms with Gasteiger partial charge in [-0.3, -0.25) is 4.98 Å². The molecule has 0 radical (unpaired) electrons. The third-order valence-corrected chi connectivity index (χ3v) is 5.16. The van der Waals surface area contributed by atoms with Crippen molar-refractivity contribution in [2.45, 2.75) is 44.7 Å². The number of unbranched alkanes of at least 4 members (excludes halogenated alkanes) is 2. The zero-order valence-electron chi connectivity index (χ0n) is 15.5. The lowest BCUT2D eigenvalue weighted by Crippen LogP contribution is -2.05. The molecule has 0 spiro atoms. The quantitative estimate of drug-likeness (QED) is 0.295. The molecule has 4 nitrogen and oxygen atoms in total. The first-order valence-corrected chi connectivity index (χ1v) is 10.4. The van der Waals surface area contributed by atoms with Crippen LogP contribution in [-0.2, 0) is 0 Å². The number of fused-ring (bicyclic) bond motifs is 1. The lowest BCUT2D eigenvalue weighted by molar-refractivity contribution is 0.828. The van der Waals surface area contributed by atoms with Gasteiger partial charge in [0.15, 0.2) is 5.16 Å². The third kappa shape index (κ3) is 4.73. The topological polar surface area (TPSA) is 50.7 Å². The highest BCUT2D eigenvalue weighted by Crippen LogP contribution is 2.29. The average Bonchev–Trinajstić information content (AvgIpc) is 2.68. The molecule has 0 amide bonds. The normalized spacial score (nSPS) is 11.0. The predicted octanol–water partition coefficient (Wildman–Crippen LogP) is 5.80. The van der Waals surface area contributed by atoms with E-state index in [0.29, 0.717) is 0 Å². The minimum Gasteiger partial charge on any atom is -0.369 e. The van der Waals surface area contributed by atoms with E-state index in [4.69, 9.17) is 9.97 Å². The number of nitrogens with zero attached hydrogens (tertiary/aromatic N) is 3. The van der Waals surface area contributed by atoms with Crippen LogP contribution in [0.1, 0.15) is 39.5 Å². The van der Waals surface area contributed by atoms with Crippen molar-refractivity contribution < 1.29 is 0 Å². The smallest absolute Gasteiger partial charge is 0.190 e. The molecule has 1 N–H and O–H groups in total. The van der Waals surface area contributed by atoms with Gasteiger partial charge in [-0.25, -0.2) is 9.97 Å². The van der Waals surface area contributed by atoms with Gasteiger partial charge in [-0.05, 0) is 36.6 Å². The van der Waals surface area contributed by atoms with E-state index < -0.39 is 0 Å². The van der Waals surface area contributed by atoms with Gasteiger partial charge in [0.1, 0.15) is 5.82 Å². The van der Waals surface area contributed by atoms with Crippen LogP contribution in [0, 0.1) is 0 Å². The van der Waals surface area contributed by atoms with E-state index in [1.54, 1.807) is 18.0 Å². The Morgan fingerprint density at radius 1 is 1.00 bits per heavy atom. The van der Waals surface area contributed by atoms with Gasteiger partial charge in [0.05, 0.1) is 5.52 Å².